The van der Waals surface area contributed by atoms with Crippen LogP contribution in [0.5, 0.6) is 5.75 Å². The first-order valence-electron chi connectivity index (χ1n) is 12.7. The summed E-state index contributed by atoms with van der Waals surface area (Å²) in [6, 6.07) is 2.37. The highest BCUT2D eigenvalue weighted by Crippen LogP contribution is 2.55. The van der Waals surface area contributed by atoms with Crippen LogP contribution >= 0.6 is 0 Å². The number of carbonyl (C=O) groups is 3. The van der Waals surface area contributed by atoms with Crippen LogP contribution < -0.4 is 5.73 Å². The van der Waals surface area contributed by atoms with Gasteiger partial charge >= 0.3 is 0 Å². The van der Waals surface area contributed by atoms with Gasteiger partial charge in [-0.15, -0.1) is 0 Å². The van der Waals surface area contributed by atoms with E-state index in [0.717, 1.165) is 43.2 Å². The predicted molar refractivity (Wildman–Crippen MR) is 128 cm³/mol. The van der Waals surface area contributed by atoms with Gasteiger partial charge < -0.3 is 26.2 Å². The molecule has 6 N–H and O–H groups in total. The first-order chi connectivity index (χ1) is 17.2. The first-order valence-corrected chi connectivity index (χ1v) is 12.7. The Kier molecular flexibility index (Phi) is 5.11. The molecule has 0 bridgehead atoms. The number of benzene rings is 1. The van der Waals surface area contributed by atoms with E-state index in [1.54, 1.807) is 0 Å². The van der Waals surface area contributed by atoms with Crippen LogP contribution in [0.1, 0.15) is 61.1 Å². The molecule has 1 aromatic rings. The quantitative estimate of drug-likeness (QED) is 0.397. The van der Waals surface area contributed by atoms with E-state index in [4.69, 9.17) is 5.73 Å². The molecule has 1 aromatic carbocycles. The van der Waals surface area contributed by atoms with Crippen LogP contribution in [0.15, 0.2) is 29.0 Å². The fraction of sp³-hybridized carbons (Fsp3) is 0.519. The minimum Gasteiger partial charge on any atom is -0.508 e. The first kappa shape index (κ1) is 23.2. The molecule has 6 rings (SSSR count). The molecule has 0 radical (unpaired) electrons. The van der Waals surface area contributed by atoms with Crippen molar-refractivity contribution in [3.05, 3.63) is 45.7 Å². The summed E-state index contributed by atoms with van der Waals surface area (Å²) in [4.78, 5) is 41.6. The van der Waals surface area contributed by atoms with E-state index < -0.39 is 58.0 Å². The van der Waals surface area contributed by atoms with Gasteiger partial charge in [-0.2, -0.15) is 0 Å². The second-order valence-corrected chi connectivity index (χ2v) is 10.9. The van der Waals surface area contributed by atoms with Crippen molar-refractivity contribution in [2.75, 3.05) is 13.1 Å². The Bertz CT molecular complexity index is 1270. The number of phenolic OH excluding ortho intramolecular Hbond substituents is 1. The fourth-order valence-electron chi connectivity index (χ4n) is 7.07. The van der Waals surface area contributed by atoms with Crippen LogP contribution in [0.3, 0.4) is 0 Å². The van der Waals surface area contributed by atoms with Gasteiger partial charge in [0.25, 0.3) is 5.91 Å². The topological polar surface area (TPSA) is 161 Å². The molecule has 4 atom stereocenters. The number of carbonyl (C=O) groups excluding carboxylic acids is 3. The maximum absolute atomic E-state index is 14.0. The van der Waals surface area contributed by atoms with Crippen molar-refractivity contribution in [1.29, 1.82) is 0 Å². The number of ketones is 2. The number of aromatic hydroxyl groups is 1. The molecule has 2 saturated carbocycles. The zero-order valence-electron chi connectivity index (χ0n) is 19.9. The third-order valence-electron chi connectivity index (χ3n) is 8.89. The van der Waals surface area contributed by atoms with E-state index in [2.05, 4.69) is 0 Å². The number of primary amides is 1. The molecular weight excluding hydrogens is 464 g/mol. The van der Waals surface area contributed by atoms with Gasteiger partial charge in [0.1, 0.15) is 22.8 Å². The van der Waals surface area contributed by atoms with Gasteiger partial charge in [-0.05, 0) is 80.6 Å². The van der Waals surface area contributed by atoms with Crippen molar-refractivity contribution in [3.8, 4) is 5.75 Å². The molecule has 9 heteroatoms. The number of aliphatic hydroxyl groups excluding tert-OH is 2. The Balaban J connectivity index is 1.54. The van der Waals surface area contributed by atoms with E-state index in [9.17, 15) is 34.8 Å². The molecule has 1 heterocycles. The minimum atomic E-state index is -2.58. The Morgan fingerprint density at radius 1 is 1.03 bits per heavy atom. The molecule has 0 aromatic heterocycles. The Morgan fingerprint density at radius 2 is 1.72 bits per heavy atom. The lowest BCUT2D eigenvalue weighted by Gasteiger charge is -2.51. The molecule has 4 aliphatic carbocycles. The van der Waals surface area contributed by atoms with Gasteiger partial charge in [0.05, 0.1) is 11.6 Å². The van der Waals surface area contributed by atoms with Crippen molar-refractivity contribution >= 4 is 23.2 Å². The zero-order chi connectivity index (χ0) is 25.5. The smallest absolute Gasteiger partial charge is 0.255 e. The van der Waals surface area contributed by atoms with Crippen molar-refractivity contribution in [2.45, 2.75) is 62.5 Å². The largest absolute Gasteiger partial charge is 0.508 e. The van der Waals surface area contributed by atoms with E-state index in [0.29, 0.717) is 25.4 Å². The summed E-state index contributed by atoms with van der Waals surface area (Å²) in [6.07, 6.45) is 5.18. The lowest BCUT2D eigenvalue weighted by molar-refractivity contribution is -0.155. The minimum absolute atomic E-state index is 0.0911. The van der Waals surface area contributed by atoms with E-state index in [-0.39, 0.29) is 23.3 Å². The number of rotatable bonds is 3. The maximum atomic E-state index is 14.0. The average Bonchev–Trinajstić information content (AvgIpc) is 3.67. The predicted octanol–water partition coefficient (Wildman–Crippen LogP) is 1.77. The Labute approximate surface area is 207 Å². The highest BCUT2D eigenvalue weighted by Gasteiger charge is 2.64. The Hall–Kier alpha value is -3.17. The molecule has 9 nitrogen and oxygen atoms in total. The summed E-state index contributed by atoms with van der Waals surface area (Å²) >= 11 is 0. The second-order valence-electron chi connectivity index (χ2n) is 10.9. The molecule has 190 valence electrons. The number of fused-ring (bicyclic) bond motifs is 3. The Morgan fingerprint density at radius 3 is 2.36 bits per heavy atom. The third kappa shape index (κ3) is 3.05. The van der Waals surface area contributed by atoms with Gasteiger partial charge in [0.2, 0.25) is 5.78 Å². The summed E-state index contributed by atoms with van der Waals surface area (Å²) < 4.78 is 0. The summed E-state index contributed by atoms with van der Waals surface area (Å²) in [5, 5.41) is 44.7. The molecule has 36 heavy (non-hydrogen) atoms. The molecule has 0 spiro atoms. The number of nitrogens with zero attached hydrogens (tertiary/aromatic N) is 1. The number of hydrogen-bond donors (Lipinski definition) is 5. The number of phenols is 1. The van der Waals surface area contributed by atoms with Crippen molar-refractivity contribution in [1.82, 2.24) is 4.90 Å². The molecule has 1 amide bonds. The third-order valence-corrected chi connectivity index (χ3v) is 8.89. The lowest BCUT2D eigenvalue weighted by Crippen LogP contribution is -2.67. The highest BCUT2D eigenvalue weighted by molar-refractivity contribution is 6.24. The van der Waals surface area contributed by atoms with Crippen LogP contribution in [0.2, 0.25) is 0 Å². The van der Waals surface area contributed by atoms with Crippen LogP contribution in [-0.2, 0) is 20.8 Å². The number of likely N-dealkylation sites (tertiary alicyclic amines) is 1. The fourth-order valence-corrected chi connectivity index (χ4v) is 7.07. The number of Topliss-reactive ketones (excluding diaryl/α,β-unsaturated/α-hetero) is 2. The zero-order valence-corrected chi connectivity index (χ0v) is 19.9. The van der Waals surface area contributed by atoms with E-state index in [1.165, 1.54) is 6.07 Å². The maximum Gasteiger partial charge on any atom is 0.255 e. The van der Waals surface area contributed by atoms with Crippen molar-refractivity contribution in [3.63, 3.8) is 0 Å². The summed E-state index contributed by atoms with van der Waals surface area (Å²) in [5.74, 6) is -5.64. The lowest BCUT2D eigenvalue weighted by atomic mass is 9.57. The SMILES string of the molecule is NC(=O)C1=C(O)[C@@]2(O)C(=O)C3=C(O)c4c(O)ccc(C5CC5)c4C[C@H]3C[C@H]2[C@@H](N2CCCCC2)C1=O. The average molecular weight is 495 g/mol. The standard InChI is InChI=1S/C27H30N2O7/c28-26(35)20-23(32)21(29-8-2-1-3-9-29)16-11-13-10-15-14(12-4-5-12)6-7-17(30)19(15)22(31)18(13)24(33)27(16,36)25(20)34/h6-7,12-13,16,21,30-31,34,36H,1-5,8-11H2,(H2,28,35)/t13-,16-,21+,27-/m0/s1. The monoisotopic (exact) mass is 494 g/mol. The normalized spacial score (nSPS) is 32.8. The molecule has 0 unspecified atom stereocenters. The van der Waals surface area contributed by atoms with Gasteiger partial charge in [-0.1, -0.05) is 12.5 Å². The summed E-state index contributed by atoms with van der Waals surface area (Å²) in [6.45, 7) is 1.12. The summed E-state index contributed by atoms with van der Waals surface area (Å²) in [7, 11) is 0. The highest BCUT2D eigenvalue weighted by atomic mass is 16.3. The number of piperidine rings is 1. The molecule has 1 aliphatic heterocycles. The van der Waals surface area contributed by atoms with Gasteiger partial charge in [0.15, 0.2) is 11.4 Å². The van der Waals surface area contributed by atoms with Crippen molar-refractivity contribution in [2.24, 2.45) is 17.6 Å². The second kappa shape index (κ2) is 7.91. The number of aliphatic hydroxyl groups is 3. The van der Waals surface area contributed by atoms with Crippen LogP contribution in [-0.4, -0.2) is 67.5 Å². The van der Waals surface area contributed by atoms with E-state index >= 15 is 0 Å². The number of hydrogen-bond acceptors (Lipinski definition) is 8. The van der Waals surface area contributed by atoms with Crippen LogP contribution in [0.4, 0.5) is 0 Å². The molecule has 5 aliphatic rings. The number of amides is 1. The van der Waals surface area contributed by atoms with Crippen LogP contribution in [0.25, 0.3) is 5.76 Å². The molecule has 3 fully saturated rings. The molecule has 1 saturated heterocycles. The van der Waals surface area contributed by atoms with Crippen LogP contribution in [0, 0.1) is 11.8 Å². The summed E-state index contributed by atoms with van der Waals surface area (Å²) in [5.41, 5.74) is 4.02. The van der Waals surface area contributed by atoms with Gasteiger partial charge in [-0.25, -0.2) is 0 Å². The molecular formula is C27H30N2O7. The van der Waals surface area contributed by atoms with Crippen molar-refractivity contribution < 1.29 is 34.8 Å². The van der Waals surface area contributed by atoms with Gasteiger partial charge in [0, 0.05) is 11.5 Å². The van der Waals surface area contributed by atoms with E-state index in [1.807, 2.05) is 11.0 Å². The van der Waals surface area contributed by atoms with Gasteiger partial charge in [-0.3, -0.25) is 19.3 Å². The number of nitrogens with two attached hydrogens (primary N) is 1.